The van der Waals surface area contributed by atoms with Gasteiger partial charge in [-0.2, -0.15) is 0 Å². The van der Waals surface area contributed by atoms with Crippen LogP contribution in [-0.2, 0) is 32.2 Å². The summed E-state index contributed by atoms with van der Waals surface area (Å²) in [6.07, 6.45) is -4.54. The van der Waals surface area contributed by atoms with Gasteiger partial charge in [0, 0.05) is 12.8 Å². The lowest BCUT2D eigenvalue weighted by Gasteiger charge is -2.22. The smallest absolute Gasteiger partial charge is 0.368 e. The van der Waals surface area contributed by atoms with Crippen molar-refractivity contribution in [2.45, 2.75) is 50.2 Å². The van der Waals surface area contributed by atoms with E-state index < -0.39 is 53.1 Å². The number of rotatable bonds is 8. The average molecular weight is 394 g/mol. The molecule has 0 aromatic carbocycles. The maximum atomic E-state index is 11.9. The molecule has 0 spiro atoms. The molecule has 0 aromatic rings. The van der Waals surface area contributed by atoms with E-state index in [1.54, 1.807) is 0 Å². The zero-order valence-electron chi connectivity index (χ0n) is 12.4. The molecule has 14 heteroatoms. The molecular formula is C10H20O12P2. The molecule has 2 aliphatic rings. The number of phosphoric acid groups is 2. The van der Waals surface area contributed by atoms with E-state index >= 15 is 0 Å². The minimum Gasteiger partial charge on any atom is -0.368 e. The van der Waals surface area contributed by atoms with Crippen LogP contribution < -0.4 is 0 Å². The van der Waals surface area contributed by atoms with Gasteiger partial charge in [0.05, 0.1) is 19.3 Å². The van der Waals surface area contributed by atoms with Crippen LogP contribution >= 0.6 is 15.6 Å². The first-order valence-electron chi connectivity index (χ1n) is 7.07. The van der Waals surface area contributed by atoms with Gasteiger partial charge in [-0.25, -0.2) is 9.13 Å². The fraction of sp³-hybridized carbons (Fsp3) is 1.00. The van der Waals surface area contributed by atoms with E-state index in [1.165, 1.54) is 0 Å². The van der Waals surface area contributed by atoms with Crippen molar-refractivity contribution in [3.63, 3.8) is 0 Å². The van der Waals surface area contributed by atoms with Gasteiger partial charge in [-0.05, 0) is 6.42 Å². The molecule has 0 amide bonds. The van der Waals surface area contributed by atoms with Crippen molar-refractivity contribution in [3.8, 4) is 0 Å². The fourth-order valence-electron chi connectivity index (χ4n) is 2.31. The van der Waals surface area contributed by atoms with Crippen molar-refractivity contribution in [3.05, 3.63) is 0 Å². The Morgan fingerprint density at radius 1 is 0.958 bits per heavy atom. The molecule has 12 nitrogen and oxygen atoms in total. The van der Waals surface area contributed by atoms with E-state index in [2.05, 4.69) is 4.52 Å². The van der Waals surface area contributed by atoms with Gasteiger partial charge in [-0.1, -0.05) is 0 Å². The highest BCUT2D eigenvalue weighted by molar-refractivity contribution is 7.47. The first-order chi connectivity index (χ1) is 11.0. The number of phosphoric ester groups is 2. The molecule has 6 atom stereocenters. The highest BCUT2D eigenvalue weighted by Gasteiger charge is 2.41. The van der Waals surface area contributed by atoms with Crippen molar-refractivity contribution < 1.29 is 57.1 Å². The van der Waals surface area contributed by atoms with E-state index in [9.17, 15) is 24.2 Å². The third-order valence-corrected chi connectivity index (χ3v) is 4.86. The minimum absolute atomic E-state index is 0.207. The van der Waals surface area contributed by atoms with Crippen molar-refractivity contribution in [1.82, 2.24) is 0 Å². The Hall–Kier alpha value is 0.0600. The molecule has 5 N–H and O–H groups in total. The Morgan fingerprint density at radius 3 is 2.25 bits per heavy atom. The first kappa shape index (κ1) is 20.4. The lowest BCUT2D eigenvalue weighted by molar-refractivity contribution is -0.108. The summed E-state index contributed by atoms with van der Waals surface area (Å²) in [7, 11) is -9.31. The molecule has 6 unspecified atom stereocenters. The molecule has 2 heterocycles. The van der Waals surface area contributed by atoms with Gasteiger partial charge in [0.25, 0.3) is 0 Å². The van der Waals surface area contributed by atoms with E-state index in [4.69, 9.17) is 28.3 Å². The van der Waals surface area contributed by atoms with E-state index in [0.717, 1.165) is 0 Å². The number of aliphatic hydroxyl groups is 2. The summed E-state index contributed by atoms with van der Waals surface area (Å²) in [5.74, 6) is 0. The second-order valence-electron chi connectivity index (χ2n) is 5.35. The van der Waals surface area contributed by atoms with Crippen LogP contribution in [0.3, 0.4) is 0 Å². The number of ether oxygens (including phenoxy) is 2. The summed E-state index contributed by atoms with van der Waals surface area (Å²) in [4.78, 5) is 27.0. The van der Waals surface area contributed by atoms with Gasteiger partial charge in [0.15, 0.2) is 12.6 Å². The lowest BCUT2D eigenvalue weighted by Crippen LogP contribution is -2.28. The lowest BCUT2D eigenvalue weighted by atomic mass is 10.2. The predicted molar refractivity (Wildman–Crippen MR) is 74.3 cm³/mol. The van der Waals surface area contributed by atoms with Gasteiger partial charge >= 0.3 is 15.6 Å². The van der Waals surface area contributed by atoms with Crippen LogP contribution in [0.5, 0.6) is 0 Å². The van der Waals surface area contributed by atoms with Crippen LogP contribution in [0.2, 0.25) is 0 Å². The molecule has 0 bridgehead atoms. The first-order valence-corrected chi connectivity index (χ1v) is 10.1. The highest BCUT2D eigenvalue weighted by atomic mass is 31.2. The molecule has 0 aliphatic carbocycles. The molecule has 24 heavy (non-hydrogen) atoms. The van der Waals surface area contributed by atoms with Crippen LogP contribution in [0, 0.1) is 0 Å². The summed E-state index contributed by atoms with van der Waals surface area (Å²) in [5.41, 5.74) is 0. The van der Waals surface area contributed by atoms with Crippen LogP contribution in [0.1, 0.15) is 19.3 Å². The quantitative estimate of drug-likeness (QED) is 0.324. The maximum Gasteiger partial charge on any atom is 0.472 e. The van der Waals surface area contributed by atoms with E-state index in [1.807, 2.05) is 0 Å². The summed E-state index contributed by atoms with van der Waals surface area (Å²) < 4.78 is 46.5. The standard InChI is InChI=1S/C10H20O12P2/c11-9-2-1-6(20-9)4-19-24(16,17)22-7-3-10(12)21-8(7)5-18-23(13,14)15/h6-12H,1-5H2,(H,16,17)(H2,13,14,15). The van der Waals surface area contributed by atoms with Crippen LogP contribution in [-0.4, -0.2) is 69.0 Å². The summed E-state index contributed by atoms with van der Waals surface area (Å²) in [5, 5.41) is 18.6. The Labute approximate surface area is 137 Å². The molecule has 142 valence electrons. The molecule has 2 fully saturated rings. The third kappa shape index (κ3) is 6.75. The Kier molecular flexibility index (Phi) is 6.94. The third-order valence-electron chi connectivity index (χ3n) is 3.36. The number of aliphatic hydroxyl groups excluding tert-OH is 2. The van der Waals surface area contributed by atoms with E-state index in [0.29, 0.717) is 12.8 Å². The SMILES string of the molecule is O=P(O)(O)OCC1OC(O)CC1OP(=O)(O)OCC1CCC(O)O1. The molecule has 2 aliphatic heterocycles. The summed E-state index contributed by atoms with van der Waals surface area (Å²) in [6.45, 7) is -0.936. The zero-order chi connectivity index (χ0) is 18.0. The summed E-state index contributed by atoms with van der Waals surface area (Å²) in [6, 6.07) is 0. The Morgan fingerprint density at radius 2 is 1.67 bits per heavy atom. The summed E-state index contributed by atoms with van der Waals surface area (Å²) >= 11 is 0. The van der Waals surface area contributed by atoms with Crippen molar-refractivity contribution in [2.75, 3.05) is 13.2 Å². The van der Waals surface area contributed by atoms with Crippen molar-refractivity contribution >= 4 is 15.6 Å². The average Bonchev–Trinajstić information content (AvgIpc) is 2.99. The Bertz CT molecular complexity index is 508. The maximum absolute atomic E-state index is 11.9. The van der Waals surface area contributed by atoms with Gasteiger partial charge in [0.1, 0.15) is 12.2 Å². The molecule has 0 aromatic heterocycles. The van der Waals surface area contributed by atoms with Crippen molar-refractivity contribution in [1.29, 1.82) is 0 Å². The van der Waals surface area contributed by atoms with Crippen LogP contribution in [0.25, 0.3) is 0 Å². The van der Waals surface area contributed by atoms with Gasteiger partial charge in [-0.15, -0.1) is 0 Å². The van der Waals surface area contributed by atoms with Gasteiger partial charge in [-0.3, -0.25) is 13.6 Å². The van der Waals surface area contributed by atoms with Gasteiger partial charge in [0.2, 0.25) is 0 Å². The fourth-order valence-corrected chi connectivity index (χ4v) is 3.63. The highest BCUT2D eigenvalue weighted by Crippen LogP contribution is 2.48. The van der Waals surface area contributed by atoms with E-state index in [-0.39, 0.29) is 13.0 Å². The second kappa shape index (κ2) is 8.17. The molecule has 0 saturated carbocycles. The van der Waals surface area contributed by atoms with Gasteiger partial charge < -0.3 is 34.4 Å². The number of hydrogen-bond acceptors (Lipinski definition) is 9. The number of hydrogen-bond donors (Lipinski definition) is 5. The molecule has 2 saturated heterocycles. The predicted octanol–water partition coefficient (Wildman–Crippen LogP) is -0.797. The van der Waals surface area contributed by atoms with Crippen LogP contribution in [0.15, 0.2) is 0 Å². The van der Waals surface area contributed by atoms with Crippen LogP contribution in [0.4, 0.5) is 0 Å². The molecular weight excluding hydrogens is 374 g/mol. The minimum atomic E-state index is -4.77. The largest absolute Gasteiger partial charge is 0.472 e. The zero-order valence-corrected chi connectivity index (χ0v) is 14.2. The molecule has 0 radical (unpaired) electrons. The normalized spacial score (nSPS) is 36.8. The Balaban J connectivity index is 1.84. The molecule has 2 rings (SSSR count). The topological polar surface area (TPSA) is 181 Å². The monoisotopic (exact) mass is 394 g/mol. The van der Waals surface area contributed by atoms with Crippen molar-refractivity contribution in [2.24, 2.45) is 0 Å². The second-order valence-corrected chi connectivity index (χ2v) is 7.99.